The Hall–Kier alpha value is -8.38. The normalized spacial score (nSPS) is 11.4. The van der Waals surface area contributed by atoms with Crippen molar-refractivity contribution in [3.63, 3.8) is 0 Å². The molecule has 0 unspecified atom stereocenters. The lowest BCUT2D eigenvalue weighted by Gasteiger charge is -2.26. The summed E-state index contributed by atoms with van der Waals surface area (Å²) in [5.74, 6) is 0. The van der Waals surface area contributed by atoms with Gasteiger partial charge in [0.25, 0.3) is 0 Å². The van der Waals surface area contributed by atoms with Crippen LogP contribution in [0, 0.1) is 13.8 Å². The fraction of sp³-hybridized carbons (Fsp3) is 0.0323. The third-order valence-electron chi connectivity index (χ3n) is 13.1. The van der Waals surface area contributed by atoms with Crippen molar-refractivity contribution in [1.29, 1.82) is 0 Å². The highest BCUT2D eigenvalue weighted by Crippen LogP contribution is 2.43. The van der Waals surface area contributed by atoms with Gasteiger partial charge in [-0.3, -0.25) is 0 Å². The zero-order valence-electron chi connectivity index (χ0n) is 37.1. The monoisotopic (exact) mass is 876 g/mol. The van der Waals surface area contributed by atoms with Crippen LogP contribution in [0.2, 0.25) is 0 Å². The molecule has 0 saturated carbocycles. The van der Waals surface area contributed by atoms with E-state index in [-0.39, 0.29) is 0 Å². The molecule has 0 amide bonds. The first-order valence-electron chi connectivity index (χ1n) is 22.7. The van der Waals surface area contributed by atoms with Crippen molar-refractivity contribution in [3.8, 4) is 61.3 Å². The van der Waals surface area contributed by atoms with E-state index in [0.29, 0.717) is 0 Å². The van der Waals surface area contributed by atoms with Crippen LogP contribution < -0.4 is 4.90 Å². The maximum Gasteiger partial charge on any atom is 0.129 e. The van der Waals surface area contributed by atoms with Crippen LogP contribution in [-0.4, -0.2) is 13.3 Å². The third kappa shape index (κ3) is 7.46. The first kappa shape index (κ1) is 40.2. The van der Waals surface area contributed by atoms with Gasteiger partial charge in [0.2, 0.25) is 0 Å². The van der Waals surface area contributed by atoms with E-state index < -0.39 is 0 Å². The van der Waals surface area contributed by atoms with E-state index in [1.54, 1.807) is 0 Å². The Morgan fingerprint density at radius 2 is 0.761 bits per heavy atom. The van der Waals surface area contributed by atoms with Gasteiger partial charge < -0.3 is 9.47 Å². The van der Waals surface area contributed by atoms with Gasteiger partial charge in [-0.1, -0.05) is 169 Å². The summed E-state index contributed by atoms with van der Waals surface area (Å²) >= 11 is 1.26. The molecule has 0 bridgehead atoms. The van der Waals surface area contributed by atoms with Crippen LogP contribution in [0.15, 0.2) is 231 Å². The van der Waals surface area contributed by atoms with E-state index in [1.165, 1.54) is 89.2 Å². The third-order valence-corrected chi connectivity index (χ3v) is 13.6. The summed E-state index contributed by atoms with van der Waals surface area (Å²) in [7, 11) is 0. The van der Waals surface area contributed by atoms with E-state index in [9.17, 15) is 0 Å². The van der Waals surface area contributed by atoms with Gasteiger partial charge in [-0.2, -0.15) is 8.75 Å². The minimum atomic E-state index is 0.863. The van der Waals surface area contributed by atoms with Crippen molar-refractivity contribution in [1.82, 2.24) is 13.3 Å². The highest BCUT2D eigenvalue weighted by atomic mass is 32.1. The second-order valence-electron chi connectivity index (χ2n) is 17.3. The Morgan fingerprint density at radius 1 is 0.358 bits per heavy atom. The van der Waals surface area contributed by atoms with E-state index in [1.807, 2.05) is 0 Å². The molecule has 12 rings (SSSR count). The smallest absolute Gasteiger partial charge is 0.129 e. The van der Waals surface area contributed by atoms with Crippen molar-refractivity contribution >= 4 is 61.6 Å². The molecule has 0 N–H and O–H groups in total. The van der Waals surface area contributed by atoms with Gasteiger partial charge in [-0.25, -0.2) is 0 Å². The van der Waals surface area contributed by atoms with Crippen LogP contribution in [0.25, 0.3) is 94.2 Å². The SMILES string of the molecule is Cc1ccc(-c2ccc3c(c2)c2cc(-c4ccc(C)cc4)ccc2n3-c2ccc(-c3ccc(N(c4ccc(-c5ccccc5)cc4)c4ccc(-c5ccccc5)cc4)c4nsnc34)cc2)cc1. The standard InChI is InChI=1S/C62H44N4S/c1-41-13-17-47(18-14-41)50-27-36-58-56(39-50)57-40-51(48-19-15-42(2)16-20-48)28-37-59(57)66(58)54-33-25-49(26-34-54)55-35-38-60(62-61(55)63-67-64-62)65(52-29-21-45(22-30-52)43-9-5-3-6-10-43)53-31-23-46(24-32-53)44-11-7-4-8-12-44/h3-40H,1-2H3. The summed E-state index contributed by atoms with van der Waals surface area (Å²) in [5, 5.41) is 2.46. The van der Waals surface area contributed by atoms with Gasteiger partial charge in [-0.05, 0) is 137 Å². The topological polar surface area (TPSA) is 34.0 Å². The van der Waals surface area contributed by atoms with Gasteiger partial charge in [0, 0.05) is 33.4 Å². The second kappa shape index (κ2) is 16.9. The molecule has 10 aromatic carbocycles. The Morgan fingerprint density at radius 3 is 1.25 bits per heavy atom. The molecule has 0 atom stereocenters. The van der Waals surface area contributed by atoms with Gasteiger partial charge in [0.15, 0.2) is 0 Å². The maximum atomic E-state index is 4.98. The minimum absolute atomic E-state index is 0.863. The largest absolute Gasteiger partial charge is 0.309 e. The van der Waals surface area contributed by atoms with Crippen LogP contribution >= 0.6 is 11.7 Å². The lowest BCUT2D eigenvalue weighted by atomic mass is 9.99. The van der Waals surface area contributed by atoms with Crippen molar-refractivity contribution in [2.45, 2.75) is 13.8 Å². The molecule has 12 aromatic rings. The van der Waals surface area contributed by atoms with Crippen molar-refractivity contribution in [2.24, 2.45) is 0 Å². The summed E-state index contributed by atoms with van der Waals surface area (Å²) in [5.41, 5.74) is 22.4. The first-order valence-corrected chi connectivity index (χ1v) is 23.4. The number of benzene rings is 10. The fourth-order valence-electron chi connectivity index (χ4n) is 9.50. The molecule has 2 heterocycles. The molecule has 0 fully saturated rings. The molecule has 318 valence electrons. The molecule has 0 aliphatic carbocycles. The Bertz CT molecular complexity index is 3520. The molecule has 4 nitrogen and oxygen atoms in total. The summed E-state index contributed by atoms with van der Waals surface area (Å²) in [6.45, 7) is 4.27. The number of rotatable bonds is 9. The van der Waals surface area contributed by atoms with E-state index >= 15 is 0 Å². The summed E-state index contributed by atoms with van der Waals surface area (Å²) in [6.07, 6.45) is 0. The van der Waals surface area contributed by atoms with Crippen molar-refractivity contribution in [3.05, 3.63) is 242 Å². The van der Waals surface area contributed by atoms with E-state index in [4.69, 9.17) is 8.75 Å². The first-order chi connectivity index (χ1) is 33.0. The molecule has 0 aliphatic heterocycles. The zero-order chi connectivity index (χ0) is 44.8. The zero-order valence-corrected chi connectivity index (χ0v) is 38.0. The molecule has 0 radical (unpaired) electrons. The molecule has 5 heteroatoms. The highest BCUT2D eigenvalue weighted by Gasteiger charge is 2.21. The van der Waals surface area contributed by atoms with Crippen LogP contribution in [0.1, 0.15) is 11.1 Å². The number of anilines is 3. The van der Waals surface area contributed by atoms with Crippen molar-refractivity contribution in [2.75, 3.05) is 4.90 Å². The number of hydrogen-bond acceptors (Lipinski definition) is 4. The minimum Gasteiger partial charge on any atom is -0.309 e. The molecule has 2 aromatic heterocycles. The van der Waals surface area contributed by atoms with Gasteiger partial charge in [0.1, 0.15) is 11.0 Å². The van der Waals surface area contributed by atoms with Gasteiger partial charge >= 0.3 is 0 Å². The van der Waals surface area contributed by atoms with Crippen LogP contribution in [0.5, 0.6) is 0 Å². The van der Waals surface area contributed by atoms with Crippen LogP contribution in [-0.2, 0) is 0 Å². The lowest BCUT2D eigenvalue weighted by molar-refractivity contribution is 1.18. The predicted octanol–water partition coefficient (Wildman–Crippen LogP) is 17.2. The average molecular weight is 877 g/mol. The summed E-state index contributed by atoms with van der Waals surface area (Å²) in [6, 6.07) is 83.4. The summed E-state index contributed by atoms with van der Waals surface area (Å²) in [4.78, 5) is 2.30. The van der Waals surface area contributed by atoms with Crippen LogP contribution in [0.4, 0.5) is 17.1 Å². The Labute approximate surface area is 394 Å². The highest BCUT2D eigenvalue weighted by molar-refractivity contribution is 7.00. The molecular weight excluding hydrogens is 833 g/mol. The Balaban J connectivity index is 0.940. The molecule has 0 saturated heterocycles. The molecule has 67 heavy (non-hydrogen) atoms. The Kier molecular flexibility index (Phi) is 10.1. The molecular formula is C62H44N4S. The lowest BCUT2D eigenvalue weighted by Crippen LogP contribution is -2.10. The quantitative estimate of drug-likeness (QED) is 0.145. The number of fused-ring (bicyclic) bond motifs is 4. The number of aromatic nitrogens is 3. The maximum absolute atomic E-state index is 4.98. The predicted molar refractivity (Wildman–Crippen MR) is 283 cm³/mol. The molecule has 0 aliphatic rings. The van der Waals surface area contributed by atoms with E-state index in [2.05, 4.69) is 254 Å². The van der Waals surface area contributed by atoms with Gasteiger partial charge in [-0.15, -0.1) is 0 Å². The van der Waals surface area contributed by atoms with Crippen molar-refractivity contribution < 1.29 is 0 Å². The molecule has 0 spiro atoms. The van der Waals surface area contributed by atoms with Crippen LogP contribution in [0.3, 0.4) is 0 Å². The van der Waals surface area contributed by atoms with Gasteiger partial charge in [0.05, 0.1) is 28.4 Å². The summed E-state index contributed by atoms with van der Waals surface area (Å²) < 4.78 is 12.3. The van der Waals surface area contributed by atoms with E-state index in [0.717, 1.165) is 44.9 Å². The number of hydrogen-bond donors (Lipinski definition) is 0. The fourth-order valence-corrected chi connectivity index (χ4v) is 10.1. The number of aryl methyl sites for hydroxylation is 2. The average Bonchev–Trinajstić information content (AvgIpc) is 4.02. The second-order valence-corrected chi connectivity index (χ2v) is 17.9. The number of nitrogens with zero attached hydrogens (tertiary/aromatic N) is 4.